The van der Waals surface area contributed by atoms with Crippen LogP contribution in [0.5, 0.6) is 0 Å². The van der Waals surface area contributed by atoms with Gasteiger partial charge >= 0.3 is 0 Å². The molecule has 0 fully saturated rings. The summed E-state index contributed by atoms with van der Waals surface area (Å²) in [6.07, 6.45) is -1.00. The SMILES string of the molecule is [O]C1=CO[C@H](CO)[C@H]1O. The van der Waals surface area contributed by atoms with E-state index < -0.39 is 18.0 Å². The number of hydrogen-bond acceptors (Lipinski definition) is 3. The molecule has 0 aromatic carbocycles. The molecule has 9 heavy (non-hydrogen) atoms. The minimum Gasteiger partial charge on any atom is -0.489 e. The largest absolute Gasteiger partial charge is 0.489 e. The second kappa shape index (κ2) is 2.24. The summed E-state index contributed by atoms with van der Waals surface area (Å²) in [4.78, 5) is 0. The summed E-state index contributed by atoms with van der Waals surface area (Å²) in [5, 5.41) is 27.6. The Labute approximate surface area is 52.0 Å². The van der Waals surface area contributed by atoms with E-state index in [1.165, 1.54) is 0 Å². The predicted octanol–water partition coefficient (Wildman–Crippen LogP) is -0.990. The first kappa shape index (κ1) is 6.38. The maximum absolute atomic E-state index is 10.4. The van der Waals surface area contributed by atoms with Crippen LogP contribution in [-0.4, -0.2) is 29.0 Å². The standard InChI is InChI=1S/C5H7O4/c6-1-4-5(8)3(7)2-9-4/h2,4-6,8H,1H2/t4-,5+/m1/s1. The molecule has 0 aromatic heterocycles. The minimum absolute atomic E-state index is 0.330. The highest BCUT2D eigenvalue weighted by Gasteiger charge is 2.30. The third-order valence-corrected chi connectivity index (χ3v) is 1.18. The molecule has 1 radical (unpaired) electrons. The summed E-state index contributed by atoms with van der Waals surface area (Å²) in [5.74, 6) is -0.478. The average Bonchev–Trinajstić information content (AvgIpc) is 2.15. The smallest absolute Gasteiger partial charge is 0.222 e. The van der Waals surface area contributed by atoms with E-state index in [1.807, 2.05) is 0 Å². The Kier molecular flexibility index (Phi) is 1.59. The summed E-state index contributed by atoms with van der Waals surface area (Å²) in [6.45, 7) is -0.330. The van der Waals surface area contributed by atoms with E-state index >= 15 is 0 Å². The topological polar surface area (TPSA) is 69.6 Å². The second-order valence-corrected chi connectivity index (χ2v) is 1.82. The van der Waals surface area contributed by atoms with Crippen LogP contribution in [0.4, 0.5) is 0 Å². The summed E-state index contributed by atoms with van der Waals surface area (Å²) < 4.78 is 4.55. The fourth-order valence-electron chi connectivity index (χ4n) is 0.625. The van der Waals surface area contributed by atoms with Crippen molar-refractivity contribution in [3.63, 3.8) is 0 Å². The lowest BCUT2D eigenvalue weighted by molar-refractivity contribution is 0.00663. The molecule has 2 N–H and O–H groups in total. The molecule has 1 aliphatic heterocycles. The summed E-state index contributed by atoms with van der Waals surface area (Å²) in [5.41, 5.74) is 0. The van der Waals surface area contributed by atoms with Crippen LogP contribution in [0, 0.1) is 0 Å². The fraction of sp³-hybridized carbons (Fsp3) is 0.600. The van der Waals surface area contributed by atoms with Crippen LogP contribution in [0.25, 0.3) is 0 Å². The normalized spacial score (nSPS) is 33.8. The Morgan fingerprint density at radius 1 is 1.78 bits per heavy atom. The zero-order chi connectivity index (χ0) is 6.85. The molecule has 1 heterocycles. The average molecular weight is 131 g/mol. The minimum atomic E-state index is -1.17. The molecule has 0 saturated heterocycles. The van der Waals surface area contributed by atoms with Crippen molar-refractivity contribution in [2.45, 2.75) is 12.2 Å². The van der Waals surface area contributed by atoms with Crippen LogP contribution in [0.15, 0.2) is 12.0 Å². The van der Waals surface area contributed by atoms with Crippen molar-refractivity contribution in [2.24, 2.45) is 0 Å². The first-order valence-electron chi connectivity index (χ1n) is 2.57. The number of rotatable bonds is 1. The Morgan fingerprint density at radius 3 is 2.67 bits per heavy atom. The van der Waals surface area contributed by atoms with E-state index in [0.717, 1.165) is 6.26 Å². The van der Waals surface area contributed by atoms with Crippen LogP contribution in [0.1, 0.15) is 0 Å². The predicted molar refractivity (Wildman–Crippen MR) is 26.7 cm³/mol. The highest BCUT2D eigenvalue weighted by atomic mass is 16.5. The lowest BCUT2D eigenvalue weighted by atomic mass is 10.2. The molecule has 0 amide bonds. The molecule has 2 atom stereocenters. The van der Waals surface area contributed by atoms with Gasteiger partial charge in [0.05, 0.1) is 6.61 Å². The van der Waals surface area contributed by atoms with Gasteiger partial charge in [0.25, 0.3) is 0 Å². The molecule has 0 saturated carbocycles. The quantitative estimate of drug-likeness (QED) is 0.480. The molecule has 51 valence electrons. The van der Waals surface area contributed by atoms with Gasteiger partial charge in [-0.15, -0.1) is 0 Å². The molecular formula is C5H7O4. The molecule has 0 spiro atoms. The van der Waals surface area contributed by atoms with Crippen molar-refractivity contribution in [1.29, 1.82) is 0 Å². The van der Waals surface area contributed by atoms with Gasteiger partial charge in [-0.1, -0.05) is 0 Å². The molecule has 1 aliphatic rings. The summed E-state index contributed by atoms with van der Waals surface area (Å²) in [6, 6.07) is 0. The van der Waals surface area contributed by atoms with Crippen LogP contribution in [0.3, 0.4) is 0 Å². The first-order chi connectivity index (χ1) is 4.25. The van der Waals surface area contributed by atoms with Crippen LogP contribution < -0.4 is 0 Å². The molecule has 4 nitrogen and oxygen atoms in total. The zero-order valence-corrected chi connectivity index (χ0v) is 4.65. The highest BCUT2D eigenvalue weighted by molar-refractivity contribution is 5.03. The van der Waals surface area contributed by atoms with E-state index in [9.17, 15) is 5.11 Å². The maximum atomic E-state index is 10.4. The number of aliphatic hydroxyl groups is 2. The van der Waals surface area contributed by atoms with Crippen molar-refractivity contribution in [2.75, 3.05) is 6.61 Å². The molecule has 0 aromatic rings. The van der Waals surface area contributed by atoms with Crippen molar-refractivity contribution < 1.29 is 20.1 Å². The number of hydrogen-bond donors (Lipinski definition) is 2. The van der Waals surface area contributed by atoms with Gasteiger partial charge in [-0.2, -0.15) is 0 Å². The van der Waals surface area contributed by atoms with Gasteiger partial charge in [-0.3, -0.25) is 5.11 Å². The summed E-state index contributed by atoms with van der Waals surface area (Å²) in [7, 11) is 0. The van der Waals surface area contributed by atoms with Gasteiger partial charge in [-0.25, -0.2) is 0 Å². The van der Waals surface area contributed by atoms with Gasteiger partial charge in [0.2, 0.25) is 5.76 Å². The third-order valence-electron chi connectivity index (χ3n) is 1.18. The fourth-order valence-corrected chi connectivity index (χ4v) is 0.625. The molecule has 4 heteroatoms. The molecule has 0 aliphatic carbocycles. The van der Waals surface area contributed by atoms with Crippen molar-refractivity contribution >= 4 is 0 Å². The summed E-state index contributed by atoms with van der Waals surface area (Å²) >= 11 is 0. The first-order valence-corrected chi connectivity index (χ1v) is 2.57. The molecule has 0 bridgehead atoms. The Balaban J connectivity index is 2.51. The van der Waals surface area contributed by atoms with E-state index in [-0.39, 0.29) is 6.61 Å². The van der Waals surface area contributed by atoms with Gasteiger partial charge < -0.3 is 14.9 Å². The van der Waals surface area contributed by atoms with Gasteiger partial charge in [0.1, 0.15) is 6.26 Å². The molecular weight excluding hydrogens is 124 g/mol. The molecule has 1 rings (SSSR count). The number of aliphatic hydroxyl groups excluding tert-OH is 2. The van der Waals surface area contributed by atoms with Crippen LogP contribution in [0.2, 0.25) is 0 Å². The van der Waals surface area contributed by atoms with Crippen LogP contribution in [-0.2, 0) is 9.84 Å². The van der Waals surface area contributed by atoms with E-state index in [1.54, 1.807) is 0 Å². The molecule has 0 unspecified atom stereocenters. The van der Waals surface area contributed by atoms with E-state index in [2.05, 4.69) is 4.74 Å². The van der Waals surface area contributed by atoms with Crippen molar-refractivity contribution in [3.8, 4) is 0 Å². The zero-order valence-electron chi connectivity index (χ0n) is 4.65. The van der Waals surface area contributed by atoms with Crippen molar-refractivity contribution in [3.05, 3.63) is 12.0 Å². The Bertz CT molecular complexity index is 131. The lowest BCUT2D eigenvalue weighted by Gasteiger charge is -2.08. The third kappa shape index (κ3) is 0.988. The Hall–Kier alpha value is -0.740. The lowest BCUT2D eigenvalue weighted by Crippen LogP contribution is -2.27. The monoisotopic (exact) mass is 131 g/mol. The van der Waals surface area contributed by atoms with E-state index in [4.69, 9.17) is 10.2 Å². The Morgan fingerprint density at radius 2 is 2.44 bits per heavy atom. The van der Waals surface area contributed by atoms with Gasteiger partial charge in [-0.05, 0) is 0 Å². The second-order valence-electron chi connectivity index (χ2n) is 1.82. The van der Waals surface area contributed by atoms with Gasteiger partial charge in [0.15, 0.2) is 12.2 Å². The maximum Gasteiger partial charge on any atom is 0.222 e. The van der Waals surface area contributed by atoms with E-state index in [0.29, 0.717) is 0 Å². The number of ether oxygens (including phenoxy) is 1. The van der Waals surface area contributed by atoms with Gasteiger partial charge in [0, 0.05) is 0 Å². The highest BCUT2D eigenvalue weighted by Crippen LogP contribution is 2.15. The van der Waals surface area contributed by atoms with Crippen LogP contribution >= 0.6 is 0 Å². The van der Waals surface area contributed by atoms with Crippen molar-refractivity contribution in [1.82, 2.24) is 0 Å².